The molecule has 0 saturated heterocycles. The second-order valence-corrected chi connectivity index (χ2v) is 5.90. The van der Waals surface area contributed by atoms with Crippen molar-refractivity contribution in [1.29, 1.82) is 0 Å². The predicted molar refractivity (Wildman–Crippen MR) is 87.7 cm³/mol. The van der Waals surface area contributed by atoms with Crippen molar-refractivity contribution in [2.75, 3.05) is 6.54 Å². The Morgan fingerprint density at radius 2 is 2.00 bits per heavy atom. The van der Waals surface area contributed by atoms with Crippen LogP contribution in [0.25, 0.3) is 0 Å². The monoisotopic (exact) mass is 347 g/mol. The summed E-state index contributed by atoms with van der Waals surface area (Å²) in [5.74, 6) is -0.553. The SMILES string of the molecule is Cl.NC1(CNC(=O)c2c(Cl)cccc2[N+](=O)[O-])CCCCC1. The van der Waals surface area contributed by atoms with Gasteiger partial charge in [-0.05, 0) is 18.9 Å². The van der Waals surface area contributed by atoms with Crippen LogP contribution in [-0.4, -0.2) is 22.9 Å². The number of rotatable bonds is 4. The zero-order chi connectivity index (χ0) is 15.5. The number of halogens is 2. The number of nitrogens with one attached hydrogen (secondary N) is 1. The molecule has 0 spiro atoms. The smallest absolute Gasteiger partial charge is 0.283 e. The molecule has 1 aliphatic carbocycles. The molecule has 0 atom stereocenters. The van der Waals surface area contributed by atoms with Crippen molar-refractivity contribution in [2.24, 2.45) is 5.73 Å². The molecule has 0 aromatic heterocycles. The van der Waals surface area contributed by atoms with Gasteiger partial charge < -0.3 is 11.1 Å². The fraction of sp³-hybridized carbons (Fsp3) is 0.500. The lowest BCUT2D eigenvalue weighted by molar-refractivity contribution is -0.385. The molecular weight excluding hydrogens is 329 g/mol. The molecule has 1 saturated carbocycles. The van der Waals surface area contributed by atoms with Crippen molar-refractivity contribution in [2.45, 2.75) is 37.6 Å². The molecule has 22 heavy (non-hydrogen) atoms. The third-order valence-electron chi connectivity index (χ3n) is 3.87. The molecule has 0 heterocycles. The second-order valence-electron chi connectivity index (χ2n) is 5.50. The summed E-state index contributed by atoms with van der Waals surface area (Å²) in [6, 6.07) is 4.17. The largest absolute Gasteiger partial charge is 0.350 e. The Morgan fingerprint density at radius 3 is 2.59 bits per heavy atom. The van der Waals surface area contributed by atoms with E-state index in [4.69, 9.17) is 17.3 Å². The number of nitrogens with two attached hydrogens (primary N) is 1. The molecule has 1 aromatic rings. The van der Waals surface area contributed by atoms with Crippen LogP contribution in [0.3, 0.4) is 0 Å². The zero-order valence-corrected chi connectivity index (χ0v) is 13.6. The highest BCUT2D eigenvalue weighted by molar-refractivity contribution is 6.34. The summed E-state index contributed by atoms with van der Waals surface area (Å²) >= 11 is 5.93. The topological polar surface area (TPSA) is 98.3 Å². The first-order valence-corrected chi connectivity index (χ1v) is 7.31. The van der Waals surface area contributed by atoms with E-state index in [9.17, 15) is 14.9 Å². The lowest BCUT2D eigenvalue weighted by Gasteiger charge is -2.33. The van der Waals surface area contributed by atoms with Gasteiger partial charge in [0, 0.05) is 18.2 Å². The van der Waals surface area contributed by atoms with Gasteiger partial charge in [-0.15, -0.1) is 12.4 Å². The normalized spacial score (nSPS) is 16.5. The molecule has 0 bridgehead atoms. The van der Waals surface area contributed by atoms with E-state index in [1.54, 1.807) is 0 Å². The van der Waals surface area contributed by atoms with Crippen molar-refractivity contribution in [1.82, 2.24) is 5.32 Å². The van der Waals surface area contributed by atoms with Crippen LogP contribution >= 0.6 is 24.0 Å². The van der Waals surface area contributed by atoms with Gasteiger partial charge >= 0.3 is 0 Å². The maximum absolute atomic E-state index is 12.2. The first-order chi connectivity index (χ1) is 9.93. The number of hydrogen-bond donors (Lipinski definition) is 2. The number of carbonyl (C=O) groups is 1. The predicted octanol–water partition coefficient (Wildman–Crippen LogP) is 3.06. The summed E-state index contributed by atoms with van der Waals surface area (Å²) in [4.78, 5) is 22.6. The Bertz CT molecular complexity index is 560. The first-order valence-electron chi connectivity index (χ1n) is 6.93. The zero-order valence-electron chi connectivity index (χ0n) is 12.0. The van der Waals surface area contributed by atoms with Crippen molar-refractivity contribution in [3.05, 3.63) is 38.9 Å². The van der Waals surface area contributed by atoms with E-state index in [1.807, 2.05) is 0 Å². The Labute approximate surface area is 140 Å². The van der Waals surface area contributed by atoms with Crippen LogP contribution in [0.1, 0.15) is 42.5 Å². The van der Waals surface area contributed by atoms with Gasteiger partial charge in [-0.1, -0.05) is 36.9 Å². The minimum atomic E-state index is -0.611. The molecule has 3 N–H and O–H groups in total. The quantitative estimate of drug-likeness (QED) is 0.645. The molecule has 1 aliphatic rings. The molecule has 122 valence electrons. The minimum absolute atomic E-state index is 0. The molecular formula is C14H19Cl2N3O3. The molecule has 6 nitrogen and oxygen atoms in total. The molecule has 1 aromatic carbocycles. The molecule has 1 amide bonds. The van der Waals surface area contributed by atoms with Crippen molar-refractivity contribution in [3.63, 3.8) is 0 Å². The van der Waals surface area contributed by atoms with Crippen LogP contribution in [0.5, 0.6) is 0 Å². The van der Waals surface area contributed by atoms with Crippen molar-refractivity contribution >= 4 is 35.6 Å². The molecule has 0 aliphatic heterocycles. The average Bonchev–Trinajstić information content (AvgIpc) is 2.45. The van der Waals surface area contributed by atoms with Gasteiger partial charge in [-0.25, -0.2) is 0 Å². The van der Waals surface area contributed by atoms with Crippen LogP contribution in [0, 0.1) is 10.1 Å². The number of amides is 1. The molecule has 2 rings (SSSR count). The van der Waals surface area contributed by atoms with E-state index in [1.165, 1.54) is 18.2 Å². The summed E-state index contributed by atoms with van der Waals surface area (Å²) in [6.45, 7) is 0.300. The fourth-order valence-corrected chi connectivity index (χ4v) is 2.92. The number of benzene rings is 1. The van der Waals surface area contributed by atoms with E-state index in [0.717, 1.165) is 32.1 Å². The summed E-state index contributed by atoms with van der Waals surface area (Å²) in [7, 11) is 0. The van der Waals surface area contributed by atoms with Crippen LogP contribution in [0.4, 0.5) is 5.69 Å². The van der Waals surface area contributed by atoms with E-state index in [0.29, 0.717) is 6.54 Å². The van der Waals surface area contributed by atoms with Gasteiger partial charge in [0.25, 0.3) is 11.6 Å². The lowest BCUT2D eigenvalue weighted by atomic mass is 9.82. The Balaban J connectivity index is 0.00000242. The Hall–Kier alpha value is -1.37. The average molecular weight is 348 g/mol. The standard InChI is InChI=1S/C14H18ClN3O3.ClH/c15-10-5-4-6-11(18(20)21)12(10)13(19)17-9-14(16)7-2-1-3-8-14;/h4-6H,1-3,7-9,16H2,(H,17,19);1H. The number of nitro benzene ring substituents is 1. The number of carbonyl (C=O) groups excluding carboxylic acids is 1. The highest BCUT2D eigenvalue weighted by atomic mass is 35.5. The van der Waals surface area contributed by atoms with Crippen molar-refractivity contribution < 1.29 is 9.72 Å². The second kappa shape index (κ2) is 7.76. The molecule has 0 radical (unpaired) electrons. The third-order valence-corrected chi connectivity index (χ3v) is 4.18. The summed E-state index contributed by atoms with van der Waals surface area (Å²) in [6.07, 6.45) is 4.93. The van der Waals surface area contributed by atoms with E-state index >= 15 is 0 Å². The minimum Gasteiger partial charge on any atom is -0.350 e. The van der Waals surface area contributed by atoms with Gasteiger partial charge in [0.2, 0.25) is 0 Å². The molecule has 1 fully saturated rings. The van der Waals surface area contributed by atoms with Crippen LogP contribution in [0.15, 0.2) is 18.2 Å². The number of hydrogen-bond acceptors (Lipinski definition) is 4. The molecule has 0 unspecified atom stereocenters. The van der Waals surface area contributed by atoms with Gasteiger partial charge in [-0.3, -0.25) is 14.9 Å². The highest BCUT2D eigenvalue weighted by Crippen LogP contribution is 2.27. The molecule has 8 heteroatoms. The highest BCUT2D eigenvalue weighted by Gasteiger charge is 2.29. The third kappa shape index (κ3) is 4.32. The Morgan fingerprint density at radius 1 is 1.36 bits per heavy atom. The van der Waals surface area contributed by atoms with Gasteiger partial charge in [0.1, 0.15) is 5.56 Å². The first kappa shape index (κ1) is 18.7. The maximum atomic E-state index is 12.2. The maximum Gasteiger partial charge on any atom is 0.283 e. The Kier molecular flexibility index (Phi) is 6.59. The van der Waals surface area contributed by atoms with E-state index < -0.39 is 16.4 Å². The fourth-order valence-electron chi connectivity index (χ4n) is 2.67. The van der Waals surface area contributed by atoms with Gasteiger partial charge in [-0.2, -0.15) is 0 Å². The van der Waals surface area contributed by atoms with E-state index in [2.05, 4.69) is 5.32 Å². The lowest BCUT2D eigenvalue weighted by Crippen LogP contribution is -2.51. The van der Waals surface area contributed by atoms with Crippen LogP contribution < -0.4 is 11.1 Å². The summed E-state index contributed by atoms with van der Waals surface area (Å²) in [5.41, 5.74) is 5.41. The van der Waals surface area contributed by atoms with Crippen molar-refractivity contribution in [3.8, 4) is 0 Å². The van der Waals surface area contributed by atoms with E-state index in [-0.39, 0.29) is 28.7 Å². The van der Waals surface area contributed by atoms with Crippen LogP contribution in [-0.2, 0) is 0 Å². The number of nitrogens with zero attached hydrogens (tertiary/aromatic N) is 1. The van der Waals surface area contributed by atoms with Gasteiger partial charge in [0.15, 0.2) is 0 Å². The van der Waals surface area contributed by atoms with Gasteiger partial charge in [0.05, 0.1) is 9.95 Å². The van der Waals surface area contributed by atoms with Crippen LogP contribution in [0.2, 0.25) is 5.02 Å². The summed E-state index contributed by atoms with van der Waals surface area (Å²) < 4.78 is 0. The number of nitro groups is 1. The summed E-state index contributed by atoms with van der Waals surface area (Å²) in [5, 5.41) is 13.7.